The molecule has 1 atom stereocenters. The number of carbonyl (C=O) groups excluding carboxylic acids is 2. The summed E-state index contributed by atoms with van der Waals surface area (Å²) in [6, 6.07) is 8.09. The zero-order chi connectivity index (χ0) is 19.7. The second-order valence-electron chi connectivity index (χ2n) is 7.07. The smallest absolute Gasteiger partial charge is 0.270 e. The number of aryl methyl sites for hydroxylation is 2. The van der Waals surface area contributed by atoms with Crippen molar-refractivity contribution in [1.29, 1.82) is 0 Å². The molecular weight excluding hydrogens is 374 g/mol. The van der Waals surface area contributed by atoms with E-state index in [2.05, 4.69) is 15.4 Å². The molecule has 2 amide bonds. The molecule has 2 aromatic heterocycles. The van der Waals surface area contributed by atoms with E-state index in [1.54, 1.807) is 5.38 Å². The lowest BCUT2D eigenvalue weighted by atomic mass is 9.94. The lowest BCUT2D eigenvalue weighted by Gasteiger charge is -2.24. The zero-order valence-electron chi connectivity index (χ0n) is 15.5. The number of hydrogen-bond donors (Lipinski definition) is 2. The molecule has 0 radical (unpaired) electrons. The van der Waals surface area contributed by atoms with Gasteiger partial charge < -0.3 is 11.1 Å². The van der Waals surface area contributed by atoms with Crippen molar-refractivity contribution in [3.8, 4) is 10.6 Å². The van der Waals surface area contributed by atoms with Crippen LogP contribution in [0.4, 0.5) is 0 Å². The van der Waals surface area contributed by atoms with Crippen LogP contribution in [0.25, 0.3) is 10.6 Å². The van der Waals surface area contributed by atoms with Crippen LogP contribution in [0.1, 0.15) is 38.5 Å². The number of nitrogens with one attached hydrogen (secondary N) is 1. The highest BCUT2D eigenvalue weighted by molar-refractivity contribution is 7.13. The molecule has 3 N–H and O–H groups in total. The third-order valence-electron chi connectivity index (χ3n) is 5.03. The minimum Gasteiger partial charge on any atom is -0.365 e. The van der Waals surface area contributed by atoms with Gasteiger partial charge in [0.1, 0.15) is 10.7 Å². The van der Waals surface area contributed by atoms with Gasteiger partial charge in [-0.25, -0.2) is 4.98 Å². The van der Waals surface area contributed by atoms with Crippen LogP contribution in [0.15, 0.2) is 35.8 Å². The molecule has 4 rings (SSSR count). The molecule has 8 heteroatoms. The Morgan fingerprint density at radius 3 is 2.86 bits per heavy atom. The minimum absolute atomic E-state index is 0.177. The van der Waals surface area contributed by atoms with Crippen LogP contribution in [0, 0.1) is 12.8 Å². The summed E-state index contributed by atoms with van der Waals surface area (Å²) in [4.78, 5) is 28.5. The Balaban J connectivity index is 1.38. The number of hydrogen-bond acceptors (Lipinski definition) is 5. The highest BCUT2D eigenvalue weighted by Crippen LogP contribution is 2.25. The van der Waals surface area contributed by atoms with E-state index in [4.69, 9.17) is 5.73 Å². The largest absolute Gasteiger partial charge is 0.365 e. The van der Waals surface area contributed by atoms with E-state index in [0.29, 0.717) is 24.2 Å². The number of benzene rings is 1. The van der Waals surface area contributed by atoms with Crippen molar-refractivity contribution in [2.45, 2.75) is 26.3 Å². The maximum atomic E-state index is 12.5. The lowest BCUT2D eigenvalue weighted by molar-refractivity contribution is 0.0937. The molecule has 3 heterocycles. The Labute approximate surface area is 166 Å². The van der Waals surface area contributed by atoms with Crippen LogP contribution in [0.3, 0.4) is 0 Å². The third-order valence-corrected chi connectivity index (χ3v) is 5.92. The summed E-state index contributed by atoms with van der Waals surface area (Å²) in [7, 11) is 0. The van der Waals surface area contributed by atoms with E-state index in [1.807, 2.05) is 35.9 Å². The average molecular weight is 395 g/mol. The fraction of sp³-hybridized carbons (Fsp3) is 0.300. The van der Waals surface area contributed by atoms with Crippen LogP contribution in [-0.2, 0) is 13.0 Å². The van der Waals surface area contributed by atoms with Crippen molar-refractivity contribution in [3.63, 3.8) is 0 Å². The summed E-state index contributed by atoms with van der Waals surface area (Å²) in [5.74, 6) is -0.401. The number of fused-ring (bicyclic) bond motifs is 1. The standard InChI is InChI=1S/C20H21N5O2S/c1-12-2-4-14(5-3-12)20-24-16(11-28-20)19(27)22-9-13-6-7-25-17(8-13)15(10-23-25)18(21)26/h2-5,10-11,13H,6-9H2,1H3,(H2,21,26)(H,22,27). The molecule has 144 valence electrons. The molecular formula is C20H21N5O2S. The molecule has 1 aromatic carbocycles. The van der Waals surface area contributed by atoms with Gasteiger partial charge in [0.2, 0.25) is 0 Å². The summed E-state index contributed by atoms with van der Waals surface area (Å²) in [5, 5.41) is 9.80. The minimum atomic E-state index is -0.461. The normalized spacial score (nSPS) is 15.8. The monoisotopic (exact) mass is 395 g/mol. The fourth-order valence-electron chi connectivity index (χ4n) is 3.41. The summed E-state index contributed by atoms with van der Waals surface area (Å²) >= 11 is 1.46. The highest BCUT2D eigenvalue weighted by Gasteiger charge is 2.25. The van der Waals surface area contributed by atoms with Crippen molar-refractivity contribution < 1.29 is 9.59 Å². The van der Waals surface area contributed by atoms with Gasteiger partial charge in [-0.05, 0) is 25.7 Å². The molecule has 3 aromatic rings. The van der Waals surface area contributed by atoms with Gasteiger partial charge in [0.25, 0.3) is 11.8 Å². The fourth-order valence-corrected chi connectivity index (χ4v) is 4.22. The van der Waals surface area contributed by atoms with Gasteiger partial charge in [-0.15, -0.1) is 11.3 Å². The number of amides is 2. The molecule has 0 bridgehead atoms. The molecule has 0 spiro atoms. The van der Waals surface area contributed by atoms with Crippen molar-refractivity contribution in [3.05, 3.63) is 58.4 Å². The van der Waals surface area contributed by atoms with E-state index in [-0.39, 0.29) is 11.8 Å². The molecule has 28 heavy (non-hydrogen) atoms. The first-order valence-electron chi connectivity index (χ1n) is 9.16. The molecule has 1 aliphatic rings. The maximum Gasteiger partial charge on any atom is 0.270 e. The van der Waals surface area contributed by atoms with E-state index in [1.165, 1.54) is 23.1 Å². The predicted octanol–water partition coefficient (Wildman–Crippen LogP) is 2.41. The van der Waals surface area contributed by atoms with Crippen LogP contribution in [-0.4, -0.2) is 33.1 Å². The number of rotatable bonds is 5. The van der Waals surface area contributed by atoms with Crippen molar-refractivity contribution >= 4 is 23.2 Å². The summed E-state index contributed by atoms with van der Waals surface area (Å²) in [6.45, 7) is 3.28. The number of carbonyl (C=O) groups is 2. The number of aromatic nitrogens is 3. The van der Waals surface area contributed by atoms with Gasteiger partial charge in [-0.3, -0.25) is 14.3 Å². The van der Waals surface area contributed by atoms with Crippen molar-refractivity contribution in [2.24, 2.45) is 11.7 Å². The number of nitrogens with two attached hydrogens (primary N) is 1. The van der Waals surface area contributed by atoms with E-state index >= 15 is 0 Å². The van der Waals surface area contributed by atoms with Gasteiger partial charge >= 0.3 is 0 Å². The van der Waals surface area contributed by atoms with Gasteiger partial charge in [-0.1, -0.05) is 29.8 Å². The first-order valence-corrected chi connectivity index (χ1v) is 10.0. The zero-order valence-corrected chi connectivity index (χ0v) is 16.3. The quantitative estimate of drug-likeness (QED) is 0.692. The van der Waals surface area contributed by atoms with E-state index in [9.17, 15) is 9.59 Å². The molecule has 1 aliphatic heterocycles. The number of primary amides is 1. The van der Waals surface area contributed by atoms with Gasteiger partial charge in [0.05, 0.1) is 17.5 Å². The van der Waals surface area contributed by atoms with Crippen LogP contribution in [0.2, 0.25) is 0 Å². The Morgan fingerprint density at radius 2 is 2.11 bits per heavy atom. The molecule has 0 saturated heterocycles. The second kappa shape index (κ2) is 7.55. The first-order chi connectivity index (χ1) is 13.5. The van der Waals surface area contributed by atoms with E-state index < -0.39 is 5.91 Å². The Hall–Kier alpha value is -3.00. The predicted molar refractivity (Wildman–Crippen MR) is 107 cm³/mol. The SMILES string of the molecule is Cc1ccc(-c2nc(C(=O)NCC3CCn4ncc(C(N)=O)c4C3)cs2)cc1. The van der Waals surface area contributed by atoms with Crippen molar-refractivity contribution in [1.82, 2.24) is 20.1 Å². The molecule has 1 unspecified atom stereocenters. The molecule has 0 saturated carbocycles. The first kappa shape index (κ1) is 18.4. The second-order valence-corrected chi connectivity index (χ2v) is 7.92. The molecule has 7 nitrogen and oxygen atoms in total. The van der Waals surface area contributed by atoms with Crippen molar-refractivity contribution in [2.75, 3.05) is 6.54 Å². The topological polar surface area (TPSA) is 103 Å². The number of nitrogens with zero attached hydrogens (tertiary/aromatic N) is 3. The summed E-state index contributed by atoms with van der Waals surface area (Å²) in [5.41, 5.74) is 9.37. The summed E-state index contributed by atoms with van der Waals surface area (Å²) < 4.78 is 1.83. The van der Waals surface area contributed by atoms with Crippen LogP contribution >= 0.6 is 11.3 Å². The average Bonchev–Trinajstić information content (AvgIpc) is 3.33. The molecule has 0 aliphatic carbocycles. The Bertz CT molecular complexity index is 1020. The number of thiazole rings is 1. The maximum absolute atomic E-state index is 12.5. The Kier molecular flexibility index (Phi) is 4.95. The van der Waals surface area contributed by atoms with Crippen LogP contribution in [0.5, 0.6) is 0 Å². The molecule has 0 fully saturated rings. The lowest BCUT2D eigenvalue weighted by Crippen LogP contribution is -2.34. The van der Waals surface area contributed by atoms with Crippen LogP contribution < -0.4 is 11.1 Å². The van der Waals surface area contributed by atoms with E-state index in [0.717, 1.165) is 29.2 Å². The highest BCUT2D eigenvalue weighted by atomic mass is 32.1. The summed E-state index contributed by atoms with van der Waals surface area (Å²) in [6.07, 6.45) is 3.09. The third kappa shape index (κ3) is 3.68. The Morgan fingerprint density at radius 1 is 1.32 bits per heavy atom. The van der Waals surface area contributed by atoms with Gasteiger partial charge in [0, 0.05) is 24.0 Å². The van der Waals surface area contributed by atoms with Gasteiger partial charge in [-0.2, -0.15) is 5.10 Å². The van der Waals surface area contributed by atoms with Gasteiger partial charge in [0.15, 0.2) is 0 Å².